The van der Waals surface area contributed by atoms with E-state index in [1.54, 1.807) is 12.1 Å². The van der Waals surface area contributed by atoms with Gasteiger partial charge in [0, 0.05) is 13.1 Å². The molecule has 17 heavy (non-hydrogen) atoms. The molecule has 0 radical (unpaired) electrons. The molecule has 1 aromatic carbocycles. The van der Waals surface area contributed by atoms with Crippen LogP contribution < -0.4 is 0 Å². The van der Waals surface area contributed by atoms with Gasteiger partial charge in [0.05, 0.1) is 6.10 Å². The number of hydrogen-bond donors (Lipinski definition) is 1. The van der Waals surface area contributed by atoms with Gasteiger partial charge in [-0.1, -0.05) is 12.1 Å². The molecule has 1 saturated heterocycles. The average Bonchev–Trinajstić information content (AvgIpc) is 2.32. The van der Waals surface area contributed by atoms with Crippen LogP contribution in [0.4, 0.5) is 4.39 Å². The van der Waals surface area contributed by atoms with Crippen LogP contribution in [0, 0.1) is 5.82 Å². The van der Waals surface area contributed by atoms with Crippen molar-refractivity contribution in [1.82, 2.24) is 4.90 Å². The highest BCUT2D eigenvalue weighted by Gasteiger charge is 2.15. The van der Waals surface area contributed by atoms with Gasteiger partial charge in [-0.25, -0.2) is 4.39 Å². The van der Waals surface area contributed by atoms with Crippen LogP contribution in [0.3, 0.4) is 0 Å². The van der Waals surface area contributed by atoms with Crippen molar-refractivity contribution < 1.29 is 9.50 Å². The highest BCUT2D eigenvalue weighted by atomic mass is 19.1. The Morgan fingerprint density at radius 2 is 2.06 bits per heavy atom. The highest BCUT2D eigenvalue weighted by molar-refractivity contribution is 5.16. The minimum atomic E-state index is -0.149. The molecule has 0 spiro atoms. The zero-order valence-electron chi connectivity index (χ0n) is 10.1. The molecular weight excluding hydrogens is 217 g/mol. The van der Waals surface area contributed by atoms with E-state index in [1.165, 1.54) is 6.07 Å². The molecule has 2 rings (SSSR count). The van der Waals surface area contributed by atoms with E-state index in [-0.39, 0.29) is 11.9 Å². The van der Waals surface area contributed by atoms with Gasteiger partial charge in [0.1, 0.15) is 5.82 Å². The average molecular weight is 237 g/mol. The van der Waals surface area contributed by atoms with Crippen LogP contribution in [0.25, 0.3) is 0 Å². The SMILES string of the molecule is OC1CCN(CCCc2cccc(F)c2)CC1. The summed E-state index contributed by atoms with van der Waals surface area (Å²) in [6.07, 6.45) is 3.66. The molecule has 0 amide bonds. The van der Waals surface area contributed by atoms with E-state index in [0.29, 0.717) is 0 Å². The summed E-state index contributed by atoms with van der Waals surface area (Å²) < 4.78 is 13.0. The molecule has 0 aromatic heterocycles. The monoisotopic (exact) mass is 237 g/mol. The van der Waals surface area contributed by atoms with E-state index in [1.807, 2.05) is 6.07 Å². The van der Waals surface area contributed by atoms with E-state index in [4.69, 9.17) is 0 Å². The van der Waals surface area contributed by atoms with Crippen molar-refractivity contribution in [2.75, 3.05) is 19.6 Å². The summed E-state index contributed by atoms with van der Waals surface area (Å²) in [5.41, 5.74) is 1.07. The van der Waals surface area contributed by atoms with Gasteiger partial charge in [-0.05, 0) is 49.9 Å². The lowest BCUT2D eigenvalue weighted by atomic mass is 10.1. The van der Waals surface area contributed by atoms with Crippen LogP contribution in [-0.2, 0) is 6.42 Å². The van der Waals surface area contributed by atoms with Crippen molar-refractivity contribution in [2.45, 2.75) is 31.8 Å². The molecule has 0 aliphatic carbocycles. The standard InChI is InChI=1S/C14H20FNO/c15-13-5-1-3-12(11-13)4-2-8-16-9-6-14(17)7-10-16/h1,3,5,11,14,17H,2,4,6-10H2. The quantitative estimate of drug-likeness (QED) is 0.868. The molecule has 1 N–H and O–H groups in total. The lowest BCUT2D eigenvalue weighted by Gasteiger charge is -2.29. The fourth-order valence-corrected chi connectivity index (χ4v) is 2.34. The molecule has 1 aliphatic rings. The molecule has 1 aromatic rings. The zero-order valence-corrected chi connectivity index (χ0v) is 10.1. The molecule has 0 saturated carbocycles. The van der Waals surface area contributed by atoms with Gasteiger partial charge in [0.25, 0.3) is 0 Å². The third kappa shape index (κ3) is 4.10. The largest absolute Gasteiger partial charge is 0.393 e. The van der Waals surface area contributed by atoms with Crippen molar-refractivity contribution in [1.29, 1.82) is 0 Å². The summed E-state index contributed by atoms with van der Waals surface area (Å²) in [5.74, 6) is -0.149. The third-order valence-electron chi connectivity index (χ3n) is 3.39. The Labute approximate surface area is 102 Å². The number of halogens is 1. The number of likely N-dealkylation sites (tertiary alicyclic amines) is 1. The van der Waals surface area contributed by atoms with Crippen molar-refractivity contribution in [3.8, 4) is 0 Å². The Kier molecular flexibility index (Phi) is 4.51. The van der Waals surface area contributed by atoms with Gasteiger partial charge in [-0.15, -0.1) is 0 Å². The van der Waals surface area contributed by atoms with E-state index in [0.717, 1.165) is 50.9 Å². The maximum absolute atomic E-state index is 13.0. The van der Waals surface area contributed by atoms with Crippen molar-refractivity contribution in [3.63, 3.8) is 0 Å². The van der Waals surface area contributed by atoms with Crippen LogP contribution in [0.1, 0.15) is 24.8 Å². The minimum absolute atomic E-state index is 0.102. The van der Waals surface area contributed by atoms with Crippen molar-refractivity contribution >= 4 is 0 Å². The summed E-state index contributed by atoms with van der Waals surface area (Å²) in [4.78, 5) is 2.38. The second kappa shape index (κ2) is 6.12. The van der Waals surface area contributed by atoms with E-state index >= 15 is 0 Å². The fourth-order valence-electron chi connectivity index (χ4n) is 2.34. The minimum Gasteiger partial charge on any atom is -0.393 e. The molecular formula is C14H20FNO. The Morgan fingerprint density at radius 1 is 1.29 bits per heavy atom. The molecule has 1 fully saturated rings. The van der Waals surface area contributed by atoms with Gasteiger partial charge in [0.2, 0.25) is 0 Å². The fraction of sp³-hybridized carbons (Fsp3) is 0.571. The highest BCUT2D eigenvalue weighted by Crippen LogP contribution is 2.11. The van der Waals surface area contributed by atoms with Crippen LogP contribution >= 0.6 is 0 Å². The van der Waals surface area contributed by atoms with Gasteiger partial charge in [-0.3, -0.25) is 0 Å². The number of piperidine rings is 1. The van der Waals surface area contributed by atoms with Gasteiger partial charge >= 0.3 is 0 Å². The summed E-state index contributed by atoms with van der Waals surface area (Å²) in [5, 5.41) is 9.39. The molecule has 2 nitrogen and oxygen atoms in total. The van der Waals surface area contributed by atoms with E-state index in [2.05, 4.69) is 4.90 Å². The summed E-state index contributed by atoms with van der Waals surface area (Å²) in [7, 11) is 0. The van der Waals surface area contributed by atoms with Crippen LogP contribution in [-0.4, -0.2) is 35.7 Å². The Morgan fingerprint density at radius 3 is 2.76 bits per heavy atom. The predicted molar refractivity (Wildman–Crippen MR) is 66.4 cm³/mol. The molecule has 0 atom stereocenters. The number of nitrogens with zero attached hydrogens (tertiary/aromatic N) is 1. The second-order valence-corrected chi connectivity index (χ2v) is 4.81. The number of aliphatic hydroxyl groups excluding tert-OH is 1. The molecule has 94 valence electrons. The Hall–Kier alpha value is -0.930. The first-order valence-corrected chi connectivity index (χ1v) is 6.39. The Balaban J connectivity index is 1.69. The molecule has 1 heterocycles. The smallest absolute Gasteiger partial charge is 0.123 e. The molecule has 1 aliphatic heterocycles. The number of aryl methyl sites for hydroxylation is 1. The maximum atomic E-state index is 13.0. The Bertz CT molecular complexity index is 348. The predicted octanol–water partition coefficient (Wildman–Crippen LogP) is 2.22. The van der Waals surface area contributed by atoms with Crippen LogP contribution in [0.2, 0.25) is 0 Å². The number of rotatable bonds is 4. The van der Waals surface area contributed by atoms with E-state index in [9.17, 15) is 9.50 Å². The number of benzene rings is 1. The van der Waals surface area contributed by atoms with Crippen molar-refractivity contribution in [2.24, 2.45) is 0 Å². The summed E-state index contributed by atoms with van der Waals surface area (Å²) >= 11 is 0. The lowest BCUT2D eigenvalue weighted by Crippen LogP contribution is -2.36. The van der Waals surface area contributed by atoms with Gasteiger partial charge in [-0.2, -0.15) is 0 Å². The summed E-state index contributed by atoms with van der Waals surface area (Å²) in [6.45, 7) is 3.03. The van der Waals surface area contributed by atoms with Crippen LogP contribution in [0.5, 0.6) is 0 Å². The summed E-state index contributed by atoms with van der Waals surface area (Å²) in [6, 6.07) is 6.83. The molecule has 0 unspecified atom stereocenters. The lowest BCUT2D eigenvalue weighted by molar-refractivity contribution is 0.0821. The van der Waals surface area contributed by atoms with Crippen LogP contribution in [0.15, 0.2) is 24.3 Å². The maximum Gasteiger partial charge on any atom is 0.123 e. The number of hydrogen-bond acceptors (Lipinski definition) is 2. The molecule has 3 heteroatoms. The topological polar surface area (TPSA) is 23.5 Å². The first-order valence-electron chi connectivity index (χ1n) is 6.39. The number of aliphatic hydroxyl groups is 1. The molecule has 0 bridgehead atoms. The zero-order chi connectivity index (χ0) is 12.1. The third-order valence-corrected chi connectivity index (χ3v) is 3.39. The first-order chi connectivity index (χ1) is 8.24. The first kappa shape index (κ1) is 12.5. The van der Waals surface area contributed by atoms with Crippen molar-refractivity contribution in [3.05, 3.63) is 35.6 Å². The normalized spacial score (nSPS) is 18.5. The van der Waals surface area contributed by atoms with Gasteiger partial charge < -0.3 is 10.0 Å². The second-order valence-electron chi connectivity index (χ2n) is 4.81. The van der Waals surface area contributed by atoms with Gasteiger partial charge in [0.15, 0.2) is 0 Å². The van der Waals surface area contributed by atoms with E-state index < -0.39 is 0 Å².